The van der Waals surface area contributed by atoms with E-state index in [2.05, 4.69) is 21.5 Å². The van der Waals surface area contributed by atoms with Crippen LogP contribution in [0.25, 0.3) is 0 Å². The Morgan fingerprint density at radius 1 is 1.31 bits per heavy atom. The predicted octanol–water partition coefficient (Wildman–Crippen LogP) is 2.79. The van der Waals surface area contributed by atoms with Crippen LogP contribution in [-0.2, 0) is 0 Å². The van der Waals surface area contributed by atoms with Gasteiger partial charge >= 0.3 is 0 Å². The Balaban J connectivity index is 1.98. The zero-order valence-electron chi connectivity index (χ0n) is 10.2. The van der Waals surface area contributed by atoms with E-state index in [1.807, 2.05) is 31.7 Å². The van der Waals surface area contributed by atoms with Crippen molar-refractivity contribution >= 4 is 17.7 Å². The largest absolute Gasteiger partial charge is 0.353 e. The summed E-state index contributed by atoms with van der Waals surface area (Å²) in [7, 11) is 0. The Bertz CT molecular complexity index is 349. The fourth-order valence-electron chi connectivity index (χ4n) is 2.07. The van der Waals surface area contributed by atoms with Crippen LogP contribution >= 0.6 is 11.8 Å². The second kappa shape index (κ2) is 4.62. The molecule has 0 spiro atoms. The molecule has 0 radical (unpaired) electrons. The summed E-state index contributed by atoms with van der Waals surface area (Å²) in [5.41, 5.74) is 2.06. The number of thioether (sulfide) groups is 1. The van der Waals surface area contributed by atoms with Crippen molar-refractivity contribution in [1.29, 1.82) is 0 Å². The number of nitrogens with zero attached hydrogens (tertiary/aromatic N) is 2. The first-order chi connectivity index (χ1) is 7.63. The van der Waals surface area contributed by atoms with Gasteiger partial charge in [-0.25, -0.2) is 9.97 Å². The fourth-order valence-corrected chi connectivity index (χ4v) is 2.98. The van der Waals surface area contributed by atoms with Crippen molar-refractivity contribution in [3.63, 3.8) is 0 Å². The summed E-state index contributed by atoms with van der Waals surface area (Å²) in [6, 6.07) is 2.00. The molecular weight excluding hydrogens is 218 g/mol. The topological polar surface area (TPSA) is 37.8 Å². The molecule has 1 aliphatic carbocycles. The Kier molecular flexibility index (Phi) is 3.38. The number of nitrogens with one attached hydrogen (secondary N) is 1. The van der Waals surface area contributed by atoms with Crippen LogP contribution in [0.5, 0.6) is 0 Å². The first kappa shape index (κ1) is 11.7. The molecule has 0 unspecified atom stereocenters. The van der Waals surface area contributed by atoms with Crippen molar-refractivity contribution in [3.8, 4) is 0 Å². The van der Waals surface area contributed by atoms with Crippen molar-refractivity contribution in [3.05, 3.63) is 17.5 Å². The van der Waals surface area contributed by atoms with E-state index < -0.39 is 0 Å². The van der Waals surface area contributed by atoms with Crippen LogP contribution in [0.4, 0.5) is 5.95 Å². The van der Waals surface area contributed by atoms with Gasteiger partial charge < -0.3 is 5.32 Å². The summed E-state index contributed by atoms with van der Waals surface area (Å²) in [6.07, 6.45) is 6.18. The number of hydrogen-bond donors (Lipinski definition) is 1. The van der Waals surface area contributed by atoms with E-state index in [1.54, 1.807) is 0 Å². The van der Waals surface area contributed by atoms with Crippen molar-refractivity contribution in [2.45, 2.75) is 37.9 Å². The molecule has 0 aliphatic heterocycles. The lowest BCUT2D eigenvalue weighted by molar-refractivity contribution is 0.379. The molecule has 3 nitrogen and oxygen atoms in total. The molecule has 1 aromatic heterocycles. The van der Waals surface area contributed by atoms with E-state index in [-0.39, 0.29) is 0 Å². The molecule has 0 amide bonds. The highest BCUT2D eigenvalue weighted by molar-refractivity contribution is 8.00. The average Bonchev–Trinajstić information content (AvgIpc) is 2.15. The maximum Gasteiger partial charge on any atom is 0.223 e. The van der Waals surface area contributed by atoms with Gasteiger partial charge in [0.25, 0.3) is 0 Å². The number of anilines is 1. The normalized spacial score (nSPS) is 17.9. The van der Waals surface area contributed by atoms with Gasteiger partial charge in [-0.15, -0.1) is 0 Å². The summed E-state index contributed by atoms with van der Waals surface area (Å²) in [5.74, 6) is 0.776. The molecular formula is C12H19N3S. The van der Waals surface area contributed by atoms with Crippen LogP contribution < -0.4 is 5.32 Å². The van der Waals surface area contributed by atoms with Crippen LogP contribution in [0.15, 0.2) is 6.07 Å². The first-order valence-electron chi connectivity index (χ1n) is 5.75. The maximum atomic E-state index is 4.40. The fraction of sp³-hybridized carbons (Fsp3) is 0.667. The monoisotopic (exact) mass is 237 g/mol. The predicted molar refractivity (Wildman–Crippen MR) is 70.1 cm³/mol. The van der Waals surface area contributed by atoms with E-state index >= 15 is 0 Å². The number of hydrogen-bond acceptors (Lipinski definition) is 4. The van der Waals surface area contributed by atoms with Gasteiger partial charge in [-0.2, -0.15) is 11.8 Å². The molecule has 0 aromatic carbocycles. The third-order valence-corrected chi connectivity index (χ3v) is 4.67. The van der Waals surface area contributed by atoms with Crippen molar-refractivity contribution in [2.75, 3.05) is 18.1 Å². The van der Waals surface area contributed by atoms with Gasteiger partial charge in [-0.05, 0) is 39.0 Å². The molecule has 1 aliphatic rings. The SMILES string of the molecule is CSC1(CNc2nc(C)cc(C)n2)CCC1. The second-order valence-electron chi connectivity index (χ2n) is 4.57. The molecule has 1 saturated carbocycles. The zero-order chi connectivity index (χ0) is 11.6. The van der Waals surface area contributed by atoms with Gasteiger partial charge in [0.05, 0.1) is 0 Å². The number of rotatable bonds is 4. The Morgan fingerprint density at radius 3 is 2.38 bits per heavy atom. The lowest BCUT2D eigenvalue weighted by atomic mass is 9.84. The number of aryl methyl sites for hydroxylation is 2. The molecule has 1 heterocycles. The second-order valence-corrected chi connectivity index (χ2v) is 5.84. The van der Waals surface area contributed by atoms with Crippen LogP contribution in [0.2, 0.25) is 0 Å². The smallest absolute Gasteiger partial charge is 0.223 e. The molecule has 16 heavy (non-hydrogen) atoms. The molecule has 88 valence electrons. The molecule has 1 fully saturated rings. The van der Waals surface area contributed by atoms with Crippen molar-refractivity contribution in [1.82, 2.24) is 9.97 Å². The van der Waals surface area contributed by atoms with Crippen LogP contribution in [0.3, 0.4) is 0 Å². The molecule has 1 N–H and O–H groups in total. The highest BCUT2D eigenvalue weighted by atomic mass is 32.2. The Labute approximate surface area is 101 Å². The Morgan fingerprint density at radius 2 is 1.94 bits per heavy atom. The summed E-state index contributed by atoms with van der Waals surface area (Å²) < 4.78 is 0.432. The van der Waals surface area contributed by atoms with Gasteiger partial charge in [-0.1, -0.05) is 6.42 Å². The minimum atomic E-state index is 0.432. The molecule has 1 aromatic rings. The lowest BCUT2D eigenvalue weighted by Gasteiger charge is -2.40. The van der Waals surface area contributed by atoms with E-state index in [4.69, 9.17) is 0 Å². The lowest BCUT2D eigenvalue weighted by Crippen LogP contribution is -2.40. The minimum absolute atomic E-state index is 0.432. The summed E-state index contributed by atoms with van der Waals surface area (Å²) >= 11 is 1.97. The molecule has 0 saturated heterocycles. The van der Waals surface area contributed by atoms with Gasteiger partial charge in [0, 0.05) is 22.7 Å². The Hall–Kier alpha value is -0.770. The van der Waals surface area contributed by atoms with Crippen LogP contribution in [0, 0.1) is 13.8 Å². The quantitative estimate of drug-likeness (QED) is 0.874. The van der Waals surface area contributed by atoms with Gasteiger partial charge in [0.15, 0.2) is 0 Å². The summed E-state index contributed by atoms with van der Waals surface area (Å²) in [5, 5.41) is 3.38. The van der Waals surface area contributed by atoms with E-state index in [9.17, 15) is 0 Å². The third-order valence-electron chi connectivity index (χ3n) is 3.25. The molecule has 0 atom stereocenters. The average molecular weight is 237 g/mol. The molecule has 0 bridgehead atoms. The first-order valence-corrected chi connectivity index (χ1v) is 6.97. The van der Waals surface area contributed by atoms with Crippen LogP contribution in [0.1, 0.15) is 30.7 Å². The minimum Gasteiger partial charge on any atom is -0.353 e. The van der Waals surface area contributed by atoms with Gasteiger partial charge in [0.1, 0.15) is 0 Å². The van der Waals surface area contributed by atoms with Crippen molar-refractivity contribution in [2.24, 2.45) is 0 Å². The molecule has 2 rings (SSSR count). The molecule has 4 heteroatoms. The van der Waals surface area contributed by atoms with E-state index in [0.29, 0.717) is 4.75 Å². The third kappa shape index (κ3) is 2.48. The standard InChI is InChI=1S/C12H19N3S/c1-9-7-10(2)15-11(14-9)13-8-12(16-3)5-4-6-12/h7H,4-6,8H2,1-3H3,(H,13,14,15). The zero-order valence-corrected chi connectivity index (χ0v) is 11.0. The number of aromatic nitrogens is 2. The maximum absolute atomic E-state index is 4.40. The van der Waals surface area contributed by atoms with Crippen molar-refractivity contribution < 1.29 is 0 Å². The summed E-state index contributed by atoms with van der Waals surface area (Å²) in [6.45, 7) is 5.00. The van der Waals surface area contributed by atoms with Gasteiger partial charge in [-0.3, -0.25) is 0 Å². The highest BCUT2D eigenvalue weighted by Crippen LogP contribution is 2.42. The van der Waals surface area contributed by atoms with E-state index in [0.717, 1.165) is 23.9 Å². The summed E-state index contributed by atoms with van der Waals surface area (Å²) in [4.78, 5) is 8.80. The van der Waals surface area contributed by atoms with Crippen LogP contribution in [-0.4, -0.2) is 27.5 Å². The highest BCUT2D eigenvalue weighted by Gasteiger charge is 2.35. The van der Waals surface area contributed by atoms with E-state index in [1.165, 1.54) is 19.3 Å². The van der Waals surface area contributed by atoms with Gasteiger partial charge in [0.2, 0.25) is 5.95 Å².